The fourth-order valence-electron chi connectivity index (χ4n) is 2.19. The second-order valence-corrected chi connectivity index (χ2v) is 5.64. The SMILES string of the molecule is COC(=O)c1cccc(NC(=O)CN(C(C)=O)c2ccc(Cl)cc2)c1. The molecule has 0 aliphatic carbocycles. The van der Waals surface area contributed by atoms with Crippen molar-refractivity contribution in [2.45, 2.75) is 6.92 Å². The average molecular weight is 361 g/mol. The number of esters is 1. The zero-order valence-corrected chi connectivity index (χ0v) is 14.5. The first-order valence-corrected chi connectivity index (χ1v) is 7.80. The van der Waals surface area contributed by atoms with E-state index in [0.717, 1.165) is 0 Å². The van der Waals surface area contributed by atoms with Crippen molar-refractivity contribution in [1.82, 2.24) is 0 Å². The molecule has 25 heavy (non-hydrogen) atoms. The van der Waals surface area contributed by atoms with Crippen molar-refractivity contribution in [3.63, 3.8) is 0 Å². The second-order valence-electron chi connectivity index (χ2n) is 5.20. The van der Waals surface area contributed by atoms with Crippen molar-refractivity contribution in [3.8, 4) is 0 Å². The van der Waals surface area contributed by atoms with Crippen molar-refractivity contribution in [1.29, 1.82) is 0 Å². The van der Waals surface area contributed by atoms with Crippen LogP contribution in [-0.2, 0) is 14.3 Å². The molecule has 0 aromatic heterocycles. The van der Waals surface area contributed by atoms with Crippen LogP contribution in [0.25, 0.3) is 0 Å². The number of nitrogens with one attached hydrogen (secondary N) is 1. The molecule has 2 rings (SSSR count). The zero-order chi connectivity index (χ0) is 18.4. The van der Waals surface area contributed by atoms with E-state index in [0.29, 0.717) is 22.0 Å². The van der Waals surface area contributed by atoms with Crippen LogP contribution in [0.4, 0.5) is 11.4 Å². The maximum Gasteiger partial charge on any atom is 0.337 e. The molecule has 0 spiro atoms. The molecule has 2 aromatic carbocycles. The minimum Gasteiger partial charge on any atom is -0.465 e. The fraction of sp³-hybridized carbons (Fsp3) is 0.167. The van der Waals surface area contributed by atoms with Crippen molar-refractivity contribution in [3.05, 3.63) is 59.1 Å². The van der Waals surface area contributed by atoms with Gasteiger partial charge in [0.1, 0.15) is 6.54 Å². The third-order valence-corrected chi connectivity index (χ3v) is 3.64. The summed E-state index contributed by atoms with van der Waals surface area (Å²) in [6, 6.07) is 13.0. The van der Waals surface area contributed by atoms with E-state index in [4.69, 9.17) is 11.6 Å². The first kappa shape index (κ1) is 18.5. The summed E-state index contributed by atoms with van der Waals surface area (Å²) in [6.45, 7) is 1.21. The van der Waals surface area contributed by atoms with E-state index in [2.05, 4.69) is 10.1 Å². The predicted molar refractivity (Wildman–Crippen MR) is 95.9 cm³/mol. The number of methoxy groups -OCH3 is 1. The third kappa shape index (κ3) is 5.06. The van der Waals surface area contributed by atoms with Crippen LogP contribution in [0.3, 0.4) is 0 Å². The molecule has 0 saturated heterocycles. The summed E-state index contributed by atoms with van der Waals surface area (Å²) in [5.41, 5.74) is 1.32. The van der Waals surface area contributed by atoms with Crippen LogP contribution >= 0.6 is 11.6 Å². The molecule has 0 saturated carbocycles. The van der Waals surface area contributed by atoms with Crippen LogP contribution in [0.5, 0.6) is 0 Å². The first-order valence-electron chi connectivity index (χ1n) is 7.42. The summed E-state index contributed by atoms with van der Waals surface area (Å²) in [5.74, 6) is -1.17. The largest absolute Gasteiger partial charge is 0.465 e. The van der Waals surface area contributed by atoms with E-state index in [1.807, 2.05) is 0 Å². The zero-order valence-electron chi connectivity index (χ0n) is 13.8. The molecule has 7 heteroatoms. The maximum atomic E-state index is 12.3. The summed E-state index contributed by atoms with van der Waals surface area (Å²) in [6.07, 6.45) is 0. The van der Waals surface area contributed by atoms with Gasteiger partial charge in [0.15, 0.2) is 0 Å². The molecule has 1 N–H and O–H groups in total. The van der Waals surface area contributed by atoms with Gasteiger partial charge in [0.2, 0.25) is 11.8 Å². The standard InChI is InChI=1S/C18H17ClN2O4/c1-12(22)21(16-8-6-14(19)7-9-16)11-17(23)20-15-5-3-4-13(10-15)18(24)25-2/h3-10H,11H2,1-2H3,(H,20,23). The van der Waals surface area contributed by atoms with Gasteiger partial charge in [0.25, 0.3) is 0 Å². The highest BCUT2D eigenvalue weighted by molar-refractivity contribution is 6.30. The lowest BCUT2D eigenvalue weighted by molar-refractivity contribution is -0.120. The second kappa shape index (κ2) is 8.30. The van der Waals surface area contributed by atoms with Crippen LogP contribution in [0.2, 0.25) is 5.02 Å². The Labute approximate surface area is 150 Å². The molecule has 0 heterocycles. The molecule has 0 radical (unpaired) electrons. The molecular weight excluding hydrogens is 344 g/mol. The Morgan fingerprint density at radius 3 is 2.40 bits per heavy atom. The average Bonchev–Trinajstić information content (AvgIpc) is 2.60. The van der Waals surface area contributed by atoms with E-state index < -0.39 is 11.9 Å². The van der Waals surface area contributed by atoms with Gasteiger partial charge in [-0.25, -0.2) is 4.79 Å². The number of ether oxygens (including phenoxy) is 1. The fourth-order valence-corrected chi connectivity index (χ4v) is 2.32. The van der Waals surface area contributed by atoms with Crippen molar-refractivity contribution < 1.29 is 19.1 Å². The molecule has 2 aromatic rings. The van der Waals surface area contributed by atoms with Crippen LogP contribution in [-0.4, -0.2) is 31.4 Å². The van der Waals surface area contributed by atoms with Gasteiger partial charge >= 0.3 is 5.97 Å². The predicted octanol–water partition coefficient (Wildman–Crippen LogP) is 3.12. The van der Waals surface area contributed by atoms with Gasteiger partial charge < -0.3 is 15.0 Å². The number of halogens is 1. The highest BCUT2D eigenvalue weighted by Crippen LogP contribution is 2.18. The van der Waals surface area contributed by atoms with Crippen LogP contribution in [0.1, 0.15) is 17.3 Å². The smallest absolute Gasteiger partial charge is 0.337 e. The Balaban J connectivity index is 2.10. The van der Waals surface area contributed by atoms with Crippen LogP contribution < -0.4 is 10.2 Å². The minimum atomic E-state index is -0.498. The Bertz CT molecular complexity index is 790. The quantitative estimate of drug-likeness (QED) is 0.831. The summed E-state index contributed by atoms with van der Waals surface area (Å²) in [4.78, 5) is 37.0. The Morgan fingerprint density at radius 2 is 1.80 bits per heavy atom. The number of benzene rings is 2. The normalized spacial score (nSPS) is 10.0. The van der Waals surface area contributed by atoms with E-state index >= 15 is 0 Å². The van der Waals surface area contributed by atoms with Crippen molar-refractivity contribution >= 4 is 40.8 Å². The number of hydrogen-bond acceptors (Lipinski definition) is 4. The Kier molecular flexibility index (Phi) is 6.14. The topological polar surface area (TPSA) is 75.7 Å². The highest BCUT2D eigenvalue weighted by atomic mass is 35.5. The first-order chi connectivity index (χ1) is 11.9. The van der Waals surface area contributed by atoms with Gasteiger partial charge in [-0.1, -0.05) is 17.7 Å². The number of carbonyl (C=O) groups is 3. The minimum absolute atomic E-state index is 0.167. The number of anilines is 2. The van der Waals surface area contributed by atoms with Crippen molar-refractivity contribution in [2.75, 3.05) is 23.9 Å². The molecule has 0 unspecified atom stereocenters. The molecular formula is C18H17ClN2O4. The lowest BCUT2D eigenvalue weighted by Crippen LogP contribution is -2.36. The molecule has 0 bridgehead atoms. The monoisotopic (exact) mass is 360 g/mol. The van der Waals surface area contributed by atoms with Gasteiger partial charge in [0, 0.05) is 23.3 Å². The molecule has 130 valence electrons. The highest BCUT2D eigenvalue weighted by Gasteiger charge is 2.16. The van der Waals surface area contributed by atoms with E-state index in [1.165, 1.54) is 25.0 Å². The summed E-state index contributed by atoms with van der Waals surface area (Å²) >= 11 is 5.84. The van der Waals surface area contributed by atoms with Gasteiger partial charge in [-0.3, -0.25) is 9.59 Å². The maximum absolute atomic E-state index is 12.3. The lowest BCUT2D eigenvalue weighted by atomic mass is 10.2. The Morgan fingerprint density at radius 1 is 1.12 bits per heavy atom. The molecule has 6 nitrogen and oxygen atoms in total. The lowest BCUT2D eigenvalue weighted by Gasteiger charge is -2.20. The number of rotatable bonds is 5. The molecule has 2 amide bonds. The number of nitrogens with zero attached hydrogens (tertiary/aromatic N) is 1. The number of carbonyl (C=O) groups excluding carboxylic acids is 3. The molecule has 0 fully saturated rings. The van der Waals surface area contributed by atoms with E-state index in [-0.39, 0.29) is 12.5 Å². The van der Waals surface area contributed by atoms with Gasteiger partial charge in [-0.2, -0.15) is 0 Å². The van der Waals surface area contributed by atoms with E-state index in [1.54, 1.807) is 42.5 Å². The third-order valence-electron chi connectivity index (χ3n) is 3.39. The van der Waals surface area contributed by atoms with E-state index in [9.17, 15) is 14.4 Å². The summed E-state index contributed by atoms with van der Waals surface area (Å²) in [7, 11) is 1.28. The van der Waals surface area contributed by atoms with Crippen LogP contribution in [0.15, 0.2) is 48.5 Å². The van der Waals surface area contributed by atoms with Crippen molar-refractivity contribution in [2.24, 2.45) is 0 Å². The number of hydrogen-bond donors (Lipinski definition) is 1. The summed E-state index contributed by atoms with van der Waals surface area (Å²) < 4.78 is 4.64. The summed E-state index contributed by atoms with van der Waals surface area (Å²) in [5, 5.41) is 3.20. The number of amides is 2. The van der Waals surface area contributed by atoms with Crippen LogP contribution in [0, 0.1) is 0 Å². The van der Waals surface area contributed by atoms with Gasteiger partial charge in [0.05, 0.1) is 12.7 Å². The van der Waals surface area contributed by atoms with Gasteiger partial charge in [-0.05, 0) is 42.5 Å². The Hall–Kier alpha value is -2.86. The molecule has 0 aliphatic rings. The molecule has 0 atom stereocenters. The van der Waals surface area contributed by atoms with Gasteiger partial charge in [-0.15, -0.1) is 0 Å². The molecule has 0 aliphatic heterocycles.